The summed E-state index contributed by atoms with van der Waals surface area (Å²) in [6.45, 7) is 7.75. The van der Waals surface area contributed by atoms with E-state index < -0.39 is 6.10 Å². The number of pyridine rings is 1. The molecule has 3 rings (SSSR count). The molecular formula is C23H32N6O2. The van der Waals surface area contributed by atoms with Crippen molar-refractivity contribution >= 4 is 11.6 Å². The van der Waals surface area contributed by atoms with Gasteiger partial charge in [0.15, 0.2) is 11.6 Å². The highest BCUT2D eigenvalue weighted by Crippen LogP contribution is 2.19. The lowest BCUT2D eigenvalue weighted by molar-refractivity contribution is 0.186. The Balaban J connectivity index is 1.48. The summed E-state index contributed by atoms with van der Waals surface area (Å²) in [6, 6.07) is 13.4. The third kappa shape index (κ3) is 6.68. The molecule has 0 saturated carbocycles. The van der Waals surface area contributed by atoms with E-state index in [-0.39, 0.29) is 12.6 Å². The van der Waals surface area contributed by atoms with Crippen LogP contribution in [0.15, 0.2) is 53.7 Å². The molecule has 0 bridgehead atoms. The van der Waals surface area contributed by atoms with Crippen LogP contribution in [0.1, 0.15) is 44.7 Å². The van der Waals surface area contributed by atoms with Crippen LogP contribution >= 0.6 is 0 Å². The Labute approximate surface area is 183 Å². The molecule has 8 nitrogen and oxygen atoms in total. The Kier molecular flexibility index (Phi) is 8.23. The van der Waals surface area contributed by atoms with Crippen molar-refractivity contribution in [2.45, 2.75) is 45.8 Å². The standard InChI is InChI=1S/C23H32N6O2/c1-4-24-23(25-14-7-9-22-28-27-21-8-5-6-15-29(21)22)26-16-20(30)18-10-12-19(13-11-18)31-17(2)3/h5-6,8,10-13,15,17,20,30H,4,7,9,14,16H2,1-3H3,(H2,24,25,26). The van der Waals surface area contributed by atoms with Crippen molar-refractivity contribution in [2.24, 2.45) is 4.99 Å². The van der Waals surface area contributed by atoms with Gasteiger partial charge in [-0.05, 0) is 57.0 Å². The van der Waals surface area contributed by atoms with E-state index in [1.54, 1.807) is 0 Å². The largest absolute Gasteiger partial charge is 0.491 e. The molecule has 0 aliphatic carbocycles. The Morgan fingerprint density at radius 1 is 1.13 bits per heavy atom. The smallest absolute Gasteiger partial charge is 0.191 e. The lowest BCUT2D eigenvalue weighted by atomic mass is 10.1. The number of nitrogens with one attached hydrogen (secondary N) is 2. The molecule has 0 fully saturated rings. The fourth-order valence-electron chi connectivity index (χ4n) is 3.18. The molecule has 1 aromatic carbocycles. The fraction of sp³-hybridized carbons (Fsp3) is 0.435. The number of ether oxygens (including phenoxy) is 1. The second kappa shape index (κ2) is 11.3. The highest BCUT2D eigenvalue weighted by atomic mass is 16.5. The maximum Gasteiger partial charge on any atom is 0.191 e. The zero-order valence-corrected chi connectivity index (χ0v) is 18.5. The highest BCUT2D eigenvalue weighted by molar-refractivity contribution is 5.79. The number of aliphatic imine (C=N–C) groups is 1. The molecule has 1 atom stereocenters. The normalized spacial score (nSPS) is 12.9. The van der Waals surface area contributed by atoms with Gasteiger partial charge in [-0.3, -0.25) is 9.39 Å². The van der Waals surface area contributed by atoms with Gasteiger partial charge in [0.2, 0.25) is 0 Å². The number of nitrogens with zero attached hydrogens (tertiary/aromatic N) is 4. The minimum absolute atomic E-state index is 0.123. The van der Waals surface area contributed by atoms with E-state index in [9.17, 15) is 5.11 Å². The summed E-state index contributed by atoms with van der Waals surface area (Å²) < 4.78 is 7.65. The Hall–Kier alpha value is -3.13. The molecule has 0 spiro atoms. The number of aliphatic hydroxyl groups excluding tert-OH is 1. The van der Waals surface area contributed by atoms with Crippen LogP contribution in [0.25, 0.3) is 5.65 Å². The van der Waals surface area contributed by atoms with E-state index in [0.29, 0.717) is 5.96 Å². The van der Waals surface area contributed by atoms with Crippen LogP contribution in [0.3, 0.4) is 0 Å². The molecule has 0 amide bonds. The zero-order valence-electron chi connectivity index (χ0n) is 18.5. The third-order valence-electron chi connectivity index (χ3n) is 4.66. The molecule has 3 N–H and O–H groups in total. The summed E-state index contributed by atoms with van der Waals surface area (Å²) in [6.07, 6.45) is 3.13. The van der Waals surface area contributed by atoms with Crippen molar-refractivity contribution in [3.8, 4) is 5.75 Å². The van der Waals surface area contributed by atoms with Crippen LogP contribution in [0.2, 0.25) is 0 Å². The maximum atomic E-state index is 10.5. The molecule has 3 aromatic rings. The summed E-state index contributed by atoms with van der Waals surface area (Å²) in [4.78, 5) is 4.53. The fourth-order valence-corrected chi connectivity index (χ4v) is 3.18. The topological polar surface area (TPSA) is 96.1 Å². The number of guanidine groups is 1. The van der Waals surface area contributed by atoms with E-state index in [4.69, 9.17) is 4.74 Å². The molecule has 0 saturated heterocycles. The number of aromatic nitrogens is 3. The van der Waals surface area contributed by atoms with Crippen LogP contribution < -0.4 is 15.4 Å². The molecule has 0 aliphatic heterocycles. The van der Waals surface area contributed by atoms with Crippen LogP contribution in [0, 0.1) is 0 Å². The molecule has 1 unspecified atom stereocenters. The van der Waals surface area contributed by atoms with Gasteiger partial charge < -0.3 is 20.5 Å². The van der Waals surface area contributed by atoms with Gasteiger partial charge in [-0.1, -0.05) is 18.2 Å². The average Bonchev–Trinajstić information content (AvgIpc) is 3.18. The predicted octanol–water partition coefficient (Wildman–Crippen LogP) is 2.74. The molecule has 2 heterocycles. The summed E-state index contributed by atoms with van der Waals surface area (Å²) in [5.74, 6) is 2.43. The summed E-state index contributed by atoms with van der Waals surface area (Å²) in [5.41, 5.74) is 1.67. The van der Waals surface area contributed by atoms with E-state index in [0.717, 1.165) is 48.7 Å². The van der Waals surface area contributed by atoms with Crippen molar-refractivity contribution < 1.29 is 9.84 Å². The zero-order chi connectivity index (χ0) is 22.1. The Morgan fingerprint density at radius 2 is 1.94 bits per heavy atom. The molecular weight excluding hydrogens is 392 g/mol. The molecule has 166 valence electrons. The van der Waals surface area contributed by atoms with Gasteiger partial charge in [0, 0.05) is 25.7 Å². The quantitative estimate of drug-likeness (QED) is 0.263. The predicted molar refractivity (Wildman–Crippen MR) is 122 cm³/mol. The van der Waals surface area contributed by atoms with Gasteiger partial charge in [-0.15, -0.1) is 10.2 Å². The molecule has 2 aromatic heterocycles. The van der Waals surface area contributed by atoms with Gasteiger partial charge in [-0.25, -0.2) is 0 Å². The first kappa shape index (κ1) is 22.6. The number of hydrogen-bond donors (Lipinski definition) is 3. The van der Waals surface area contributed by atoms with E-state index >= 15 is 0 Å². The van der Waals surface area contributed by atoms with Gasteiger partial charge in [0.25, 0.3) is 0 Å². The minimum Gasteiger partial charge on any atom is -0.491 e. The number of benzene rings is 1. The molecule has 0 aliphatic rings. The van der Waals surface area contributed by atoms with Gasteiger partial charge in [0.05, 0.1) is 18.8 Å². The third-order valence-corrected chi connectivity index (χ3v) is 4.66. The Bertz CT molecular complexity index is 968. The SMILES string of the molecule is CCNC(=NCC(O)c1ccc(OC(C)C)cc1)NCCCc1nnc2ccccn12. The average molecular weight is 425 g/mol. The Morgan fingerprint density at radius 3 is 2.68 bits per heavy atom. The van der Waals surface area contributed by atoms with Crippen LogP contribution in [0.5, 0.6) is 5.75 Å². The lowest BCUT2D eigenvalue weighted by Gasteiger charge is -2.14. The number of hydrogen-bond acceptors (Lipinski definition) is 5. The van der Waals surface area contributed by atoms with Crippen molar-refractivity contribution in [1.29, 1.82) is 0 Å². The van der Waals surface area contributed by atoms with Crippen molar-refractivity contribution in [3.05, 3.63) is 60.0 Å². The van der Waals surface area contributed by atoms with Crippen LogP contribution in [0.4, 0.5) is 0 Å². The van der Waals surface area contributed by atoms with Crippen molar-refractivity contribution in [2.75, 3.05) is 19.6 Å². The first-order chi connectivity index (χ1) is 15.1. The van der Waals surface area contributed by atoms with Gasteiger partial charge in [-0.2, -0.15) is 0 Å². The second-order valence-corrected chi connectivity index (χ2v) is 7.55. The molecule has 0 radical (unpaired) electrons. The van der Waals surface area contributed by atoms with E-state index in [2.05, 4.69) is 25.8 Å². The van der Waals surface area contributed by atoms with Gasteiger partial charge in [0.1, 0.15) is 11.6 Å². The van der Waals surface area contributed by atoms with E-state index in [1.807, 2.05) is 73.8 Å². The number of rotatable bonds is 10. The number of fused-ring (bicyclic) bond motifs is 1. The van der Waals surface area contributed by atoms with Gasteiger partial charge >= 0.3 is 0 Å². The van der Waals surface area contributed by atoms with Crippen molar-refractivity contribution in [3.63, 3.8) is 0 Å². The summed E-state index contributed by atoms with van der Waals surface area (Å²) in [5, 5.41) is 25.5. The first-order valence-corrected chi connectivity index (χ1v) is 10.8. The second-order valence-electron chi connectivity index (χ2n) is 7.55. The minimum atomic E-state index is -0.675. The highest BCUT2D eigenvalue weighted by Gasteiger charge is 2.09. The van der Waals surface area contributed by atoms with Crippen LogP contribution in [-0.4, -0.2) is 51.4 Å². The van der Waals surface area contributed by atoms with Crippen LogP contribution in [-0.2, 0) is 6.42 Å². The maximum absolute atomic E-state index is 10.5. The van der Waals surface area contributed by atoms with Crippen molar-refractivity contribution in [1.82, 2.24) is 25.2 Å². The number of aryl methyl sites for hydroxylation is 1. The lowest BCUT2D eigenvalue weighted by Crippen LogP contribution is -2.38. The first-order valence-electron chi connectivity index (χ1n) is 10.8. The molecule has 8 heteroatoms. The summed E-state index contributed by atoms with van der Waals surface area (Å²) >= 11 is 0. The van der Waals surface area contributed by atoms with E-state index in [1.165, 1.54) is 0 Å². The number of aliphatic hydroxyl groups is 1. The summed E-state index contributed by atoms with van der Waals surface area (Å²) in [7, 11) is 0. The monoisotopic (exact) mass is 424 g/mol. The molecule has 31 heavy (non-hydrogen) atoms.